The molecule has 2 rings (SSSR count). The van der Waals surface area contributed by atoms with Crippen LogP contribution in [0.1, 0.15) is 18.5 Å². The Labute approximate surface area is 115 Å². The normalized spacial score (nSPS) is 12.2. The fourth-order valence-corrected chi connectivity index (χ4v) is 1.83. The first-order chi connectivity index (χ1) is 8.59. The molecule has 1 aromatic carbocycles. The largest absolute Gasteiger partial charge is 0.437 e. The molecule has 1 aromatic heterocycles. The zero-order chi connectivity index (χ0) is 13.1. The van der Waals surface area contributed by atoms with Crippen molar-refractivity contribution < 1.29 is 4.74 Å². The summed E-state index contributed by atoms with van der Waals surface area (Å²) in [5, 5.41) is 0.799. The average Bonchev–Trinajstić information content (AvgIpc) is 2.35. The smallest absolute Gasteiger partial charge is 0.224 e. The molecular weight excluding hydrogens is 271 g/mol. The van der Waals surface area contributed by atoms with Crippen LogP contribution < -0.4 is 10.5 Å². The standard InChI is InChI=1S/C13H12Cl2N2O/c1-8(16)9-4-3-7-17-13(9)18-11-6-2-5-10(14)12(11)15/h2-8H,16H2,1H3. The molecule has 0 fully saturated rings. The summed E-state index contributed by atoms with van der Waals surface area (Å²) in [6.07, 6.45) is 1.64. The molecule has 0 saturated heterocycles. The number of aromatic nitrogens is 1. The van der Waals surface area contributed by atoms with E-state index >= 15 is 0 Å². The van der Waals surface area contributed by atoms with Crippen molar-refractivity contribution in [3.8, 4) is 11.6 Å². The van der Waals surface area contributed by atoms with Gasteiger partial charge in [0.05, 0.1) is 5.02 Å². The van der Waals surface area contributed by atoms with Crippen molar-refractivity contribution in [3.63, 3.8) is 0 Å². The SMILES string of the molecule is CC(N)c1cccnc1Oc1cccc(Cl)c1Cl. The number of rotatable bonds is 3. The molecule has 5 heteroatoms. The van der Waals surface area contributed by atoms with Crippen molar-refractivity contribution in [2.75, 3.05) is 0 Å². The summed E-state index contributed by atoms with van der Waals surface area (Å²) in [4.78, 5) is 4.16. The van der Waals surface area contributed by atoms with Gasteiger partial charge in [-0.15, -0.1) is 0 Å². The van der Waals surface area contributed by atoms with E-state index in [1.807, 2.05) is 19.1 Å². The number of nitrogens with zero attached hydrogens (tertiary/aromatic N) is 1. The summed E-state index contributed by atoms with van der Waals surface area (Å²) < 4.78 is 5.67. The summed E-state index contributed by atoms with van der Waals surface area (Å²) in [6, 6.07) is 8.69. The van der Waals surface area contributed by atoms with Gasteiger partial charge in [0.15, 0.2) is 0 Å². The van der Waals surface area contributed by atoms with Crippen molar-refractivity contribution in [3.05, 3.63) is 52.1 Å². The van der Waals surface area contributed by atoms with E-state index in [-0.39, 0.29) is 6.04 Å². The molecule has 1 unspecified atom stereocenters. The van der Waals surface area contributed by atoms with Gasteiger partial charge in [-0.3, -0.25) is 0 Å². The number of hydrogen-bond donors (Lipinski definition) is 1. The summed E-state index contributed by atoms with van der Waals surface area (Å²) in [7, 11) is 0. The second-order valence-electron chi connectivity index (χ2n) is 3.84. The first-order valence-electron chi connectivity index (χ1n) is 5.42. The molecule has 94 valence electrons. The Kier molecular flexibility index (Phi) is 4.07. The first-order valence-corrected chi connectivity index (χ1v) is 6.17. The fourth-order valence-electron chi connectivity index (χ4n) is 1.50. The molecule has 0 spiro atoms. The Bertz CT molecular complexity index is 558. The van der Waals surface area contributed by atoms with Crippen LogP contribution in [0, 0.1) is 0 Å². The zero-order valence-corrected chi connectivity index (χ0v) is 11.2. The van der Waals surface area contributed by atoms with Crippen molar-refractivity contribution >= 4 is 23.2 Å². The van der Waals surface area contributed by atoms with E-state index in [0.29, 0.717) is 21.7 Å². The van der Waals surface area contributed by atoms with Gasteiger partial charge in [-0.2, -0.15) is 0 Å². The molecule has 1 heterocycles. The van der Waals surface area contributed by atoms with Crippen LogP contribution >= 0.6 is 23.2 Å². The van der Waals surface area contributed by atoms with E-state index in [1.54, 1.807) is 24.4 Å². The van der Waals surface area contributed by atoms with Crippen molar-refractivity contribution in [1.29, 1.82) is 0 Å². The Balaban J connectivity index is 2.37. The minimum absolute atomic E-state index is 0.174. The number of ether oxygens (including phenoxy) is 1. The van der Waals surface area contributed by atoms with E-state index in [9.17, 15) is 0 Å². The molecule has 18 heavy (non-hydrogen) atoms. The lowest BCUT2D eigenvalue weighted by atomic mass is 10.1. The topological polar surface area (TPSA) is 48.1 Å². The molecule has 1 atom stereocenters. The van der Waals surface area contributed by atoms with Crippen LogP contribution in [0.5, 0.6) is 11.6 Å². The Morgan fingerprint density at radius 2 is 2.00 bits per heavy atom. The van der Waals surface area contributed by atoms with Gasteiger partial charge in [0.25, 0.3) is 0 Å². The van der Waals surface area contributed by atoms with E-state index in [0.717, 1.165) is 5.56 Å². The zero-order valence-electron chi connectivity index (χ0n) is 9.73. The molecule has 0 saturated carbocycles. The van der Waals surface area contributed by atoms with E-state index < -0.39 is 0 Å². The third-order valence-corrected chi connectivity index (χ3v) is 3.22. The van der Waals surface area contributed by atoms with Gasteiger partial charge in [0, 0.05) is 17.8 Å². The Hall–Kier alpha value is -1.29. The van der Waals surface area contributed by atoms with Crippen LogP contribution in [0.3, 0.4) is 0 Å². The van der Waals surface area contributed by atoms with E-state index in [1.165, 1.54) is 0 Å². The molecule has 0 radical (unpaired) electrons. The van der Waals surface area contributed by atoms with Crippen LogP contribution in [0.4, 0.5) is 0 Å². The predicted molar refractivity (Wildman–Crippen MR) is 73.4 cm³/mol. The minimum atomic E-state index is -0.174. The molecule has 2 aromatic rings. The minimum Gasteiger partial charge on any atom is -0.437 e. The first kappa shape index (κ1) is 13.1. The summed E-state index contributed by atoms with van der Waals surface area (Å²) in [6.45, 7) is 1.86. The van der Waals surface area contributed by atoms with Gasteiger partial charge in [-0.1, -0.05) is 35.3 Å². The maximum atomic E-state index is 6.06. The quantitative estimate of drug-likeness (QED) is 0.918. The molecule has 0 amide bonds. The summed E-state index contributed by atoms with van der Waals surface area (Å²) in [5.41, 5.74) is 6.67. The lowest BCUT2D eigenvalue weighted by molar-refractivity contribution is 0.452. The van der Waals surface area contributed by atoms with Crippen molar-refractivity contribution in [2.24, 2.45) is 5.73 Å². The second-order valence-corrected chi connectivity index (χ2v) is 4.63. The van der Waals surface area contributed by atoms with Gasteiger partial charge in [-0.05, 0) is 25.1 Å². The van der Waals surface area contributed by atoms with Gasteiger partial charge in [0.2, 0.25) is 5.88 Å². The van der Waals surface area contributed by atoms with Crippen molar-refractivity contribution in [1.82, 2.24) is 4.98 Å². The molecule has 0 bridgehead atoms. The van der Waals surface area contributed by atoms with Crippen LogP contribution in [0.25, 0.3) is 0 Å². The summed E-state index contributed by atoms with van der Waals surface area (Å²) in [5.74, 6) is 0.904. The highest BCUT2D eigenvalue weighted by molar-refractivity contribution is 6.42. The third kappa shape index (κ3) is 2.75. The number of pyridine rings is 1. The highest BCUT2D eigenvalue weighted by Gasteiger charge is 2.12. The molecular formula is C13H12Cl2N2O. The fraction of sp³-hybridized carbons (Fsp3) is 0.154. The predicted octanol–water partition coefficient (Wildman–Crippen LogP) is 4.20. The lowest BCUT2D eigenvalue weighted by Gasteiger charge is -2.13. The third-order valence-electron chi connectivity index (χ3n) is 2.41. The van der Waals surface area contributed by atoms with Crippen molar-refractivity contribution in [2.45, 2.75) is 13.0 Å². The number of halogens is 2. The molecule has 3 nitrogen and oxygen atoms in total. The van der Waals surface area contributed by atoms with Crippen LogP contribution in [0.15, 0.2) is 36.5 Å². The van der Waals surface area contributed by atoms with Crippen LogP contribution in [-0.4, -0.2) is 4.98 Å². The summed E-state index contributed by atoms with van der Waals surface area (Å²) >= 11 is 12.0. The average molecular weight is 283 g/mol. The maximum Gasteiger partial charge on any atom is 0.224 e. The van der Waals surface area contributed by atoms with Gasteiger partial charge >= 0.3 is 0 Å². The molecule has 0 aliphatic heterocycles. The van der Waals surface area contributed by atoms with Crippen LogP contribution in [-0.2, 0) is 0 Å². The van der Waals surface area contributed by atoms with Crippen LogP contribution in [0.2, 0.25) is 10.0 Å². The highest BCUT2D eigenvalue weighted by atomic mass is 35.5. The maximum absolute atomic E-state index is 6.06. The number of hydrogen-bond acceptors (Lipinski definition) is 3. The van der Waals surface area contributed by atoms with Gasteiger partial charge in [0.1, 0.15) is 10.8 Å². The second kappa shape index (κ2) is 5.57. The highest BCUT2D eigenvalue weighted by Crippen LogP contribution is 2.35. The molecule has 0 aliphatic rings. The lowest BCUT2D eigenvalue weighted by Crippen LogP contribution is -2.07. The molecule has 0 aliphatic carbocycles. The molecule has 2 N–H and O–H groups in total. The number of nitrogens with two attached hydrogens (primary N) is 1. The monoisotopic (exact) mass is 282 g/mol. The van der Waals surface area contributed by atoms with E-state index in [2.05, 4.69) is 4.98 Å². The number of benzene rings is 1. The van der Waals surface area contributed by atoms with E-state index in [4.69, 9.17) is 33.7 Å². The van der Waals surface area contributed by atoms with Gasteiger partial charge < -0.3 is 10.5 Å². The Morgan fingerprint density at radius 1 is 1.22 bits per heavy atom. The van der Waals surface area contributed by atoms with Gasteiger partial charge in [-0.25, -0.2) is 4.98 Å². The Morgan fingerprint density at radius 3 is 2.72 bits per heavy atom.